The normalized spacial score (nSPS) is 33.8. The molecule has 40 heavy (non-hydrogen) atoms. The Morgan fingerprint density at radius 1 is 0.525 bits per heavy atom. The second-order valence-electron chi connectivity index (χ2n) is 9.94. The molecule has 0 aromatic carbocycles. The van der Waals surface area contributed by atoms with Crippen molar-refractivity contribution in [3.8, 4) is 0 Å². The Bertz CT molecular complexity index is 904. The van der Waals surface area contributed by atoms with Crippen LogP contribution in [0.25, 0.3) is 0 Å². The molecule has 14 nitrogen and oxygen atoms in total. The van der Waals surface area contributed by atoms with Gasteiger partial charge in [-0.1, -0.05) is 20.8 Å². The molecule has 2 saturated heterocycles. The van der Waals surface area contributed by atoms with Crippen molar-refractivity contribution < 1.29 is 66.6 Å². The first-order valence-corrected chi connectivity index (χ1v) is 13.0. The maximum Gasteiger partial charge on any atom is 0.303 e. The molecule has 0 N–H and O–H groups in total. The summed E-state index contributed by atoms with van der Waals surface area (Å²) in [7, 11) is 0. The van der Waals surface area contributed by atoms with Gasteiger partial charge in [0.25, 0.3) is 0 Å². The van der Waals surface area contributed by atoms with E-state index in [9.17, 15) is 24.0 Å². The Hall–Kier alpha value is -2.81. The highest BCUT2D eigenvalue weighted by Gasteiger charge is 2.49. The van der Waals surface area contributed by atoms with Crippen LogP contribution in [0.3, 0.4) is 0 Å². The molecule has 10 atom stereocenters. The average molecular weight is 577 g/mol. The van der Waals surface area contributed by atoms with Crippen LogP contribution >= 0.6 is 0 Å². The molecule has 0 spiro atoms. The summed E-state index contributed by atoms with van der Waals surface area (Å²) in [4.78, 5) is 58.2. The maximum absolute atomic E-state index is 11.9. The summed E-state index contributed by atoms with van der Waals surface area (Å²) in [5.74, 6) is -3.88. The SMILES string of the molecule is CC(=O)OCC1O[C@@H](OCOC2OC(COC(C)=O)[C@@H](C)[C@H](C)C2OC(C)=O)C(C)C(OC(C)=O)[C@@H]1OC(C)=O. The largest absolute Gasteiger partial charge is 0.463 e. The molecule has 2 rings (SSSR count). The van der Waals surface area contributed by atoms with Gasteiger partial charge in [0.05, 0.1) is 6.10 Å². The Labute approximate surface area is 233 Å². The fourth-order valence-corrected chi connectivity index (χ4v) is 4.58. The van der Waals surface area contributed by atoms with Crippen molar-refractivity contribution in [1.82, 2.24) is 0 Å². The molecule has 0 bridgehead atoms. The number of esters is 5. The van der Waals surface area contributed by atoms with E-state index in [2.05, 4.69) is 0 Å². The van der Waals surface area contributed by atoms with E-state index in [-0.39, 0.29) is 25.0 Å². The van der Waals surface area contributed by atoms with Crippen molar-refractivity contribution in [2.75, 3.05) is 20.0 Å². The lowest BCUT2D eigenvalue weighted by molar-refractivity contribution is -0.338. The Kier molecular flexibility index (Phi) is 12.7. The number of hydrogen-bond donors (Lipinski definition) is 0. The van der Waals surface area contributed by atoms with Gasteiger partial charge in [-0.3, -0.25) is 24.0 Å². The lowest BCUT2D eigenvalue weighted by Crippen LogP contribution is -2.58. The van der Waals surface area contributed by atoms with Gasteiger partial charge in [-0.05, 0) is 5.92 Å². The molecule has 228 valence electrons. The lowest BCUT2D eigenvalue weighted by atomic mass is 9.83. The highest BCUT2D eigenvalue weighted by molar-refractivity contribution is 5.68. The van der Waals surface area contributed by atoms with Crippen LogP contribution < -0.4 is 0 Å². The average Bonchev–Trinajstić information content (AvgIpc) is 2.84. The summed E-state index contributed by atoms with van der Waals surface area (Å²) in [6.45, 7) is 10.8. The van der Waals surface area contributed by atoms with Crippen LogP contribution in [0.15, 0.2) is 0 Å². The van der Waals surface area contributed by atoms with Gasteiger partial charge in [-0.2, -0.15) is 0 Å². The van der Waals surface area contributed by atoms with Gasteiger partial charge in [-0.15, -0.1) is 0 Å². The van der Waals surface area contributed by atoms with E-state index in [1.54, 1.807) is 6.92 Å². The molecular formula is C26H40O14. The van der Waals surface area contributed by atoms with Gasteiger partial charge in [0.1, 0.15) is 25.4 Å². The standard InChI is InChI=1S/C26H40O14/c1-12-13(2)23(37-18(7)30)26(39-20(12)9-32-15(4)27)35-11-34-25-14(3)22(36-17(6)29)24(38-19(8)31)21(40-25)10-33-16(5)28/h12-14,20-26H,9-11H2,1-8H3/t12-,13-,14?,20?,21?,22?,23?,24+,25+,26?/m0/s1. The van der Waals surface area contributed by atoms with Crippen molar-refractivity contribution in [2.45, 2.75) is 98.5 Å². The van der Waals surface area contributed by atoms with Gasteiger partial charge in [-0.25, -0.2) is 0 Å². The van der Waals surface area contributed by atoms with E-state index < -0.39 is 85.7 Å². The number of carbonyl (C=O) groups excluding carboxylic acids is 5. The van der Waals surface area contributed by atoms with Crippen molar-refractivity contribution in [2.24, 2.45) is 17.8 Å². The molecule has 0 aromatic rings. The molecule has 2 aliphatic rings. The minimum atomic E-state index is -1.07. The van der Waals surface area contributed by atoms with Gasteiger partial charge in [0.2, 0.25) is 0 Å². The second kappa shape index (κ2) is 15.3. The monoisotopic (exact) mass is 576 g/mol. The Morgan fingerprint density at radius 3 is 1.50 bits per heavy atom. The number of hydrogen-bond acceptors (Lipinski definition) is 14. The van der Waals surface area contributed by atoms with Gasteiger partial charge >= 0.3 is 29.8 Å². The van der Waals surface area contributed by atoms with E-state index in [0.29, 0.717) is 0 Å². The molecule has 0 aromatic heterocycles. The maximum atomic E-state index is 11.9. The molecular weight excluding hydrogens is 536 g/mol. The number of rotatable bonds is 11. The third kappa shape index (κ3) is 9.68. The first kappa shape index (κ1) is 33.4. The second-order valence-corrected chi connectivity index (χ2v) is 9.94. The summed E-state index contributed by atoms with van der Waals surface area (Å²) in [6.07, 6.45) is -6.53. The zero-order valence-electron chi connectivity index (χ0n) is 24.1. The first-order chi connectivity index (χ1) is 18.7. The van der Waals surface area contributed by atoms with Crippen molar-refractivity contribution >= 4 is 29.8 Å². The zero-order valence-corrected chi connectivity index (χ0v) is 24.1. The van der Waals surface area contributed by atoms with E-state index in [4.69, 9.17) is 42.6 Å². The van der Waals surface area contributed by atoms with Gasteiger partial charge in [0.15, 0.2) is 31.6 Å². The highest BCUT2D eigenvalue weighted by atomic mass is 16.8. The third-order valence-corrected chi connectivity index (χ3v) is 6.73. The Morgan fingerprint density at radius 2 is 0.975 bits per heavy atom. The highest BCUT2D eigenvalue weighted by Crippen LogP contribution is 2.35. The van der Waals surface area contributed by atoms with E-state index in [0.717, 1.165) is 0 Å². The van der Waals surface area contributed by atoms with Crippen LogP contribution in [0.5, 0.6) is 0 Å². The summed E-state index contributed by atoms with van der Waals surface area (Å²) in [6, 6.07) is 0. The smallest absolute Gasteiger partial charge is 0.303 e. The summed E-state index contributed by atoms with van der Waals surface area (Å²) < 4.78 is 50.1. The zero-order chi connectivity index (χ0) is 30.1. The lowest BCUT2D eigenvalue weighted by Gasteiger charge is -2.45. The number of ether oxygens (including phenoxy) is 9. The van der Waals surface area contributed by atoms with Gasteiger partial charge < -0.3 is 42.6 Å². The van der Waals surface area contributed by atoms with Crippen LogP contribution in [0.4, 0.5) is 0 Å². The third-order valence-electron chi connectivity index (χ3n) is 6.73. The fourth-order valence-electron chi connectivity index (χ4n) is 4.58. The molecule has 2 heterocycles. The summed E-state index contributed by atoms with van der Waals surface area (Å²) >= 11 is 0. The minimum absolute atomic E-state index is 0.0173. The number of carbonyl (C=O) groups is 5. The van der Waals surface area contributed by atoms with E-state index >= 15 is 0 Å². The van der Waals surface area contributed by atoms with Crippen molar-refractivity contribution in [1.29, 1.82) is 0 Å². The Balaban J connectivity index is 2.18. The quantitative estimate of drug-likeness (QED) is 0.196. The van der Waals surface area contributed by atoms with E-state index in [1.165, 1.54) is 34.6 Å². The fraction of sp³-hybridized carbons (Fsp3) is 0.808. The van der Waals surface area contributed by atoms with Crippen LogP contribution in [0.1, 0.15) is 55.4 Å². The molecule has 2 aliphatic heterocycles. The summed E-state index contributed by atoms with van der Waals surface area (Å²) in [5, 5.41) is 0. The van der Waals surface area contributed by atoms with Crippen LogP contribution in [-0.2, 0) is 66.6 Å². The molecule has 0 aliphatic carbocycles. The molecule has 0 radical (unpaired) electrons. The first-order valence-electron chi connectivity index (χ1n) is 13.0. The molecule has 0 amide bonds. The van der Waals surface area contributed by atoms with Crippen LogP contribution in [0.2, 0.25) is 0 Å². The van der Waals surface area contributed by atoms with Gasteiger partial charge in [0, 0.05) is 46.5 Å². The van der Waals surface area contributed by atoms with E-state index in [1.807, 2.05) is 13.8 Å². The van der Waals surface area contributed by atoms with Crippen LogP contribution in [-0.4, -0.2) is 93.0 Å². The molecule has 6 unspecified atom stereocenters. The van der Waals surface area contributed by atoms with Crippen LogP contribution in [0, 0.1) is 17.8 Å². The molecule has 2 fully saturated rings. The van der Waals surface area contributed by atoms with Crippen molar-refractivity contribution in [3.05, 3.63) is 0 Å². The molecule has 0 saturated carbocycles. The topological polar surface area (TPSA) is 168 Å². The predicted octanol–water partition coefficient (Wildman–Crippen LogP) is 1.26. The predicted molar refractivity (Wildman–Crippen MR) is 132 cm³/mol. The minimum Gasteiger partial charge on any atom is -0.463 e. The molecule has 14 heteroatoms. The van der Waals surface area contributed by atoms with Crippen molar-refractivity contribution in [3.63, 3.8) is 0 Å². The summed E-state index contributed by atoms with van der Waals surface area (Å²) in [5.41, 5.74) is 0.